The van der Waals surface area contributed by atoms with Crippen LogP contribution < -0.4 is 5.32 Å². The predicted molar refractivity (Wildman–Crippen MR) is 114 cm³/mol. The second-order valence-electron chi connectivity index (χ2n) is 7.65. The average Bonchev–Trinajstić information content (AvgIpc) is 3.11. The van der Waals surface area contributed by atoms with Gasteiger partial charge in [-0.3, -0.25) is 9.69 Å². The van der Waals surface area contributed by atoms with E-state index in [-0.39, 0.29) is 17.4 Å². The van der Waals surface area contributed by atoms with Gasteiger partial charge in [-0.1, -0.05) is 42.5 Å². The molecular formula is C24H28N2O3. The number of nitrogens with one attached hydrogen (secondary N) is 1. The number of carbonyl (C=O) groups is 2. The number of benzene rings is 2. The average molecular weight is 392 g/mol. The number of esters is 1. The van der Waals surface area contributed by atoms with E-state index < -0.39 is 0 Å². The van der Waals surface area contributed by atoms with E-state index in [2.05, 4.69) is 41.4 Å². The van der Waals surface area contributed by atoms with Gasteiger partial charge in [0.05, 0.1) is 5.54 Å². The molecule has 152 valence electrons. The SMILES string of the molecule is CNC(=O)c1ccc(C=CC(=O)OCC2(C)CCCN2Cc2ccccc2)cc1. The van der Waals surface area contributed by atoms with Crippen molar-refractivity contribution in [3.63, 3.8) is 0 Å². The lowest BCUT2D eigenvalue weighted by Crippen LogP contribution is -2.44. The first kappa shape index (κ1) is 20.8. The third kappa shape index (κ3) is 5.55. The summed E-state index contributed by atoms with van der Waals surface area (Å²) in [6, 6.07) is 17.4. The molecule has 1 aliphatic rings. The third-order valence-corrected chi connectivity index (χ3v) is 5.46. The molecule has 1 unspecified atom stereocenters. The van der Waals surface area contributed by atoms with Crippen molar-refractivity contribution in [2.45, 2.75) is 31.8 Å². The fourth-order valence-corrected chi connectivity index (χ4v) is 3.64. The zero-order valence-electron chi connectivity index (χ0n) is 17.1. The molecular weight excluding hydrogens is 364 g/mol. The van der Waals surface area contributed by atoms with Crippen molar-refractivity contribution >= 4 is 18.0 Å². The summed E-state index contributed by atoms with van der Waals surface area (Å²) in [5.74, 6) is -0.488. The zero-order valence-corrected chi connectivity index (χ0v) is 17.1. The molecule has 0 saturated carbocycles. The van der Waals surface area contributed by atoms with Gasteiger partial charge in [-0.2, -0.15) is 0 Å². The van der Waals surface area contributed by atoms with Crippen molar-refractivity contribution in [2.24, 2.45) is 0 Å². The molecule has 5 heteroatoms. The monoisotopic (exact) mass is 392 g/mol. The number of carbonyl (C=O) groups excluding carboxylic acids is 2. The molecule has 5 nitrogen and oxygen atoms in total. The van der Waals surface area contributed by atoms with Gasteiger partial charge in [0.15, 0.2) is 0 Å². The van der Waals surface area contributed by atoms with Crippen LogP contribution in [0.5, 0.6) is 0 Å². The molecule has 0 spiro atoms. The van der Waals surface area contributed by atoms with Crippen LogP contribution in [0.2, 0.25) is 0 Å². The Hall–Kier alpha value is -2.92. The fraction of sp³-hybridized carbons (Fsp3) is 0.333. The van der Waals surface area contributed by atoms with Crippen LogP contribution in [0, 0.1) is 0 Å². The highest BCUT2D eigenvalue weighted by Crippen LogP contribution is 2.30. The third-order valence-electron chi connectivity index (χ3n) is 5.46. The number of amides is 1. The molecule has 3 rings (SSSR count). The molecule has 1 heterocycles. The summed E-state index contributed by atoms with van der Waals surface area (Å²) in [6.45, 7) is 4.41. The number of likely N-dealkylation sites (tertiary alicyclic amines) is 1. The predicted octanol–water partition coefficient (Wildman–Crippen LogP) is 3.66. The second-order valence-corrected chi connectivity index (χ2v) is 7.65. The minimum atomic E-state index is -0.354. The largest absolute Gasteiger partial charge is 0.461 e. The maximum Gasteiger partial charge on any atom is 0.330 e. The molecule has 1 saturated heterocycles. The van der Waals surface area contributed by atoms with E-state index >= 15 is 0 Å². The van der Waals surface area contributed by atoms with E-state index in [9.17, 15) is 9.59 Å². The van der Waals surface area contributed by atoms with Gasteiger partial charge in [0.2, 0.25) is 0 Å². The van der Waals surface area contributed by atoms with E-state index in [1.54, 1.807) is 37.4 Å². The van der Waals surface area contributed by atoms with Crippen LogP contribution in [-0.4, -0.2) is 42.5 Å². The van der Waals surface area contributed by atoms with Gasteiger partial charge in [0.1, 0.15) is 6.61 Å². The lowest BCUT2D eigenvalue weighted by Gasteiger charge is -2.34. The molecule has 0 bridgehead atoms. The Morgan fingerprint density at radius 3 is 2.55 bits per heavy atom. The summed E-state index contributed by atoms with van der Waals surface area (Å²) in [6.07, 6.45) is 5.26. The van der Waals surface area contributed by atoms with Crippen LogP contribution in [0.1, 0.15) is 41.3 Å². The van der Waals surface area contributed by atoms with Crippen LogP contribution in [0.25, 0.3) is 6.08 Å². The number of hydrogen-bond donors (Lipinski definition) is 1. The van der Waals surface area contributed by atoms with Crippen LogP contribution in [0.15, 0.2) is 60.7 Å². The normalized spacial score (nSPS) is 19.4. The number of hydrogen-bond acceptors (Lipinski definition) is 4. The lowest BCUT2D eigenvalue weighted by molar-refractivity contribution is -0.141. The van der Waals surface area contributed by atoms with E-state index in [4.69, 9.17) is 4.74 Å². The highest BCUT2D eigenvalue weighted by Gasteiger charge is 2.37. The van der Waals surface area contributed by atoms with Crippen molar-refractivity contribution in [1.82, 2.24) is 10.2 Å². The summed E-state index contributed by atoms with van der Waals surface area (Å²) in [7, 11) is 1.60. The van der Waals surface area contributed by atoms with E-state index in [0.29, 0.717) is 12.2 Å². The van der Waals surface area contributed by atoms with Crippen LogP contribution in [0.3, 0.4) is 0 Å². The summed E-state index contributed by atoms with van der Waals surface area (Å²) in [4.78, 5) is 26.2. The Morgan fingerprint density at radius 2 is 1.86 bits per heavy atom. The minimum Gasteiger partial charge on any atom is -0.461 e. The van der Waals surface area contributed by atoms with Gasteiger partial charge in [0, 0.05) is 25.2 Å². The molecule has 1 N–H and O–H groups in total. The molecule has 0 aromatic heterocycles. The first-order valence-corrected chi connectivity index (χ1v) is 9.96. The summed E-state index contributed by atoms with van der Waals surface area (Å²) < 4.78 is 5.57. The van der Waals surface area contributed by atoms with Gasteiger partial charge >= 0.3 is 5.97 Å². The molecule has 29 heavy (non-hydrogen) atoms. The van der Waals surface area contributed by atoms with Gasteiger partial charge in [0.25, 0.3) is 5.91 Å². The first-order chi connectivity index (χ1) is 14.0. The Balaban J connectivity index is 1.53. The maximum atomic E-state index is 12.2. The summed E-state index contributed by atoms with van der Waals surface area (Å²) in [5, 5.41) is 2.58. The molecule has 1 atom stereocenters. The Labute approximate surface area is 172 Å². The number of ether oxygens (including phenoxy) is 1. The Bertz CT molecular complexity index is 861. The van der Waals surface area contributed by atoms with E-state index in [0.717, 1.165) is 31.5 Å². The van der Waals surface area contributed by atoms with Crippen LogP contribution in [0.4, 0.5) is 0 Å². The summed E-state index contributed by atoms with van der Waals surface area (Å²) in [5.41, 5.74) is 2.55. The molecule has 1 amide bonds. The van der Waals surface area contributed by atoms with Crippen molar-refractivity contribution < 1.29 is 14.3 Å². The van der Waals surface area contributed by atoms with Gasteiger partial charge in [-0.25, -0.2) is 4.79 Å². The van der Waals surface area contributed by atoms with Crippen molar-refractivity contribution in [2.75, 3.05) is 20.2 Å². The highest BCUT2D eigenvalue weighted by molar-refractivity contribution is 5.94. The Kier molecular flexibility index (Phi) is 6.83. The second kappa shape index (κ2) is 9.52. The fourth-order valence-electron chi connectivity index (χ4n) is 3.64. The lowest BCUT2D eigenvalue weighted by atomic mass is 9.99. The molecule has 2 aromatic carbocycles. The standard InChI is InChI=1S/C24H28N2O3/c1-24(15-6-16-26(24)17-20-7-4-3-5-8-20)18-29-22(27)14-11-19-9-12-21(13-10-19)23(28)25-2/h3-5,7-14H,6,15-18H2,1-2H3,(H,25,28). The molecule has 0 aliphatic carbocycles. The van der Waals surface area contributed by atoms with Gasteiger partial charge in [-0.15, -0.1) is 0 Å². The molecule has 1 fully saturated rings. The molecule has 2 aromatic rings. The first-order valence-electron chi connectivity index (χ1n) is 9.96. The topological polar surface area (TPSA) is 58.6 Å². The Morgan fingerprint density at radius 1 is 1.14 bits per heavy atom. The van der Waals surface area contributed by atoms with Gasteiger partial charge < -0.3 is 10.1 Å². The van der Waals surface area contributed by atoms with Crippen molar-refractivity contribution in [3.05, 3.63) is 77.4 Å². The maximum absolute atomic E-state index is 12.2. The van der Waals surface area contributed by atoms with E-state index in [1.807, 2.05) is 6.07 Å². The quantitative estimate of drug-likeness (QED) is 0.577. The van der Waals surface area contributed by atoms with Crippen molar-refractivity contribution in [1.29, 1.82) is 0 Å². The molecule has 1 aliphatic heterocycles. The van der Waals surface area contributed by atoms with E-state index in [1.165, 1.54) is 11.6 Å². The highest BCUT2D eigenvalue weighted by atomic mass is 16.5. The number of rotatable bonds is 7. The van der Waals surface area contributed by atoms with Crippen LogP contribution in [-0.2, 0) is 16.1 Å². The smallest absolute Gasteiger partial charge is 0.330 e. The minimum absolute atomic E-state index is 0.134. The van der Waals surface area contributed by atoms with Gasteiger partial charge in [-0.05, 0) is 55.6 Å². The van der Waals surface area contributed by atoms with Crippen LogP contribution >= 0.6 is 0 Å². The molecule has 0 radical (unpaired) electrons. The van der Waals surface area contributed by atoms with Crippen molar-refractivity contribution in [3.8, 4) is 0 Å². The number of nitrogens with zero attached hydrogens (tertiary/aromatic N) is 1. The zero-order chi connectivity index (χ0) is 20.7. The summed E-state index contributed by atoms with van der Waals surface area (Å²) >= 11 is 0.